The molecule has 1 aliphatic rings. The van der Waals surface area contributed by atoms with E-state index in [4.69, 9.17) is 4.42 Å². The van der Waals surface area contributed by atoms with Crippen LogP contribution in [0.2, 0.25) is 0 Å². The van der Waals surface area contributed by atoms with E-state index in [-0.39, 0.29) is 48.7 Å². The van der Waals surface area contributed by atoms with Crippen molar-refractivity contribution in [2.75, 3.05) is 13.1 Å². The van der Waals surface area contributed by atoms with Crippen LogP contribution in [0.15, 0.2) is 59.2 Å². The predicted molar refractivity (Wildman–Crippen MR) is 122 cm³/mol. The Hall–Kier alpha value is -3.86. The summed E-state index contributed by atoms with van der Waals surface area (Å²) in [5.74, 6) is -0.642. The van der Waals surface area contributed by atoms with Crippen molar-refractivity contribution in [2.45, 2.75) is 38.3 Å². The summed E-state index contributed by atoms with van der Waals surface area (Å²) in [6.07, 6.45) is -2.58. The topological polar surface area (TPSA) is 105 Å². The molecule has 0 aliphatic carbocycles. The monoisotopic (exact) mass is 503 g/mol. The van der Waals surface area contributed by atoms with Crippen LogP contribution in [0.1, 0.15) is 34.5 Å². The summed E-state index contributed by atoms with van der Waals surface area (Å²) in [6, 6.07) is 12.2. The highest BCUT2D eigenvalue weighted by Gasteiger charge is 2.31. The summed E-state index contributed by atoms with van der Waals surface area (Å²) in [6.45, 7) is 1.09. The van der Waals surface area contributed by atoms with Gasteiger partial charge in [-0.15, -0.1) is 13.2 Å². The average molecular weight is 503 g/mol. The van der Waals surface area contributed by atoms with Crippen molar-refractivity contribution < 1.29 is 37.0 Å². The first-order valence-corrected chi connectivity index (χ1v) is 11.3. The maximum absolute atomic E-state index is 12.6. The number of piperidine rings is 1. The van der Waals surface area contributed by atoms with Crippen LogP contribution in [0, 0.1) is 0 Å². The van der Waals surface area contributed by atoms with Gasteiger partial charge in [0.2, 0.25) is 11.8 Å². The molecule has 190 valence electrons. The van der Waals surface area contributed by atoms with Gasteiger partial charge in [-0.3, -0.25) is 9.59 Å². The molecular weight excluding hydrogens is 479 g/mol. The third-order valence-electron chi connectivity index (χ3n) is 5.62. The fraction of sp³-hybridized carbons (Fsp3) is 0.320. The molecule has 0 bridgehead atoms. The Balaban J connectivity index is 1.28. The summed E-state index contributed by atoms with van der Waals surface area (Å²) >= 11 is 0. The number of nitrogens with zero attached hydrogens (tertiary/aromatic N) is 2. The lowest BCUT2D eigenvalue weighted by Gasteiger charge is -2.29. The van der Waals surface area contributed by atoms with E-state index in [1.54, 1.807) is 29.2 Å². The zero-order valence-electron chi connectivity index (χ0n) is 19.1. The number of aliphatic hydroxyl groups excluding tert-OH is 1. The Bertz CT molecular complexity index is 1190. The second-order valence-corrected chi connectivity index (χ2v) is 8.43. The molecule has 2 amide bonds. The molecule has 1 fully saturated rings. The maximum Gasteiger partial charge on any atom is 0.573 e. The Kier molecular flexibility index (Phi) is 7.58. The number of aromatic nitrogens is 1. The highest BCUT2D eigenvalue weighted by atomic mass is 19.4. The van der Waals surface area contributed by atoms with Gasteiger partial charge in [0.15, 0.2) is 5.69 Å². The molecule has 11 heteroatoms. The number of nitrogens with one attached hydrogen (secondary N) is 1. The SMILES string of the molecule is O=C(Cc1ccc(OC(F)(F)F)cc1)NCc1ccc(-c2nc(C(=O)N3CCCC(O)C3)co2)cc1. The summed E-state index contributed by atoms with van der Waals surface area (Å²) in [4.78, 5) is 30.6. The van der Waals surface area contributed by atoms with Crippen LogP contribution in [0.25, 0.3) is 11.5 Å². The lowest BCUT2D eigenvalue weighted by molar-refractivity contribution is -0.274. The molecule has 0 radical (unpaired) electrons. The predicted octanol–water partition coefficient (Wildman–Crippen LogP) is 3.70. The Morgan fingerprint density at radius 2 is 1.81 bits per heavy atom. The van der Waals surface area contributed by atoms with E-state index in [0.717, 1.165) is 24.1 Å². The van der Waals surface area contributed by atoms with Gasteiger partial charge in [-0.1, -0.05) is 24.3 Å². The number of amides is 2. The van der Waals surface area contributed by atoms with Gasteiger partial charge >= 0.3 is 6.36 Å². The van der Waals surface area contributed by atoms with Crippen LogP contribution in [0.3, 0.4) is 0 Å². The fourth-order valence-corrected chi connectivity index (χ4v) is 3.83. The Labute approximate surface area is 204 Å². The summed E-state index contributed by atoms with van der Waals surface area (Å²) in [7, 11) is 0. The fourth-order valence-electron chi connectivity index (χ4n) is 3.83. The van der Waals surface area contributed by atoms with Crippen molar-refractivity contribution in [1.82, 2.24) is 15.2 Å². The number of alkyl halides is 3. The summed E-state index contributed by atoms with van der Waals surface area (Å²) in [5.41, 5.74) is 2.19. The number of oxazole rings is 1. The summed E-state index contributed by atoms with van der Waals surface area (Å²) < 4.78 is 46.0. The maximum atomic E-state index is 12.6. The third-order valence-corrected chi connectivity index (χ3v) is 5.62. The molecule has 0 saturated carbocycles. The molecule has 1 saturated heterocycles. The zero-order valence-corrected chi connectivity index (χ0v) is 19.1. The second kappa shape index (κ2) is 10.8. The molecule has 2 heterocycles. The van der Waals surface area contributed by atoms with Gasteiger partial charge in [0, 0.05) is 25.2 Å². The van der Waals surface area contributed by atoms with E-state index in [1.165, 1.54) is 18.4 Å². The summed E-state index contributed by atoms with van der Waals surface area (Å²) in [5, 5.41) is 12.5. The van der Waals surface area contributed by atoms with Crippen LogP contribution < -0.4 is 10.1 Å². The third kappa shape index (κ3) is 6.85. The van der Waals surface area contributed by atoms with Gasteiger partial charge < -0.3 is 24.5 Å². The zero-order chi connectivity index (χ0) is 25.7. The van der Waals surface area contributed by atoms with Crippen LogP contribution in [-0.4, -0.2) is 52.4 Å². The van der Waals surface area contributed by atoms with Crippen molar-refractivity contribution >= 4 is 11.8 Å². The van der Waals surface area contributed by atoms with Crippen LogP contribution in [-0.2, 0) is 17.8 Å². The number of aliphatic hydroxyl groups is 1. The first-order valence-electron chi connectivity index (χ1n) is 11.3. The highest BCUT2D eigenvalue weighted by molar-refractivity contribution is 5.92. The van der Waals surface area contributed by atoms with E-state index in [9.17, 15) is 27.9 Å². The number of hydrogen-bond acceptors (Lipinski definition) is 6. The van der Waals surface area contributed by atoms with Gasteiger partial charge in [0.05, 0.1) is 12.5 Å². The molecule has 1 aromatic heterocycles. The van der Waals surface area contributed by atoms with Crippen molar-refractivity contribution in [3.63, 3.8) is 0 Å². The molecule has 2 N–H and O–H groups in total. The van der Waals surface area contributed by atoms with E-state index >= 15 is 0 Å². The molecule has 3 aromatic rings. The lowest BCUT2D eigenvalue weighted by Crippen LogP contribution is -2.42. The van der Waals surface area contributed by atoms with Gasteiger partial charge in [-0.25, -0.2) is 4.98 Å². The minimum Gasteiger partial charge on any atom is -0.444 e. The first kappa shape index (κ1) is 25.2. The quantitative estimate of drug-likeness (QED) is 0.510. The van der Waals surface area contributed by atoms with Crippen LogP contribution in [0.4, 0.5) is 13.2 Å². The number of carbonyl (C=O) groups is 2. The smallest absolute Gasteiger partial charge is 0.444 e. The number of hydrogen-bond donors (Lipinski definition) is 2. The van der Waals surface area contributed by atoms with E-state index in [1.807, 2.05) is 0 Å². The van der Waals surface area contributed by atoms with Crippen LogP contribution >= 0.6 is 0 Å². The van der Waals surface area contributed by atoms with Gasteiger partial charge in [-0.05, 0) is 48.2 Å². The highest BCUT2D eigenvalue weighted by Crippen LogP contribution is 2.23. The molecule has 4 rings (SSSR count). The number of β-amino-alcohol motifs (C(OH)–C–C–N with tert-alkyl or cyclic N) is 1. The minimum absolute atomic E-state index is 0.00550. The number of ether oxygens (including phenoxy) is 1. The molecule has 8 nitrogen and oxygen atoms in total. The molecule has 1 atom stereocenters. The minimum atomic E-state index is -4.77. The van der Waals surface area contributed by atoms with Crippen molar-refractivity contribution in [3.8, 4) is 17.2 Å². The molecule has 2 aromatic carbocycles. The van der Waals surface area contributed by atoms with E-state index in [0.29, 0.717) is 24.1 Å². The lowest BCUT2D eigenvalue weighted by atomic mass is 10.1. The number of benzene rings is 2. The molecular formula is C25H24F3N3O5. The number of carbonyl (C=O) groups excluding carboxylic acids is 2. The number of likely N-dealkylation sites (tertiary alicyclic amines) is 1. The molecule has 1 unspecified atom stereocenters. The van der Waals surface area contributed by atoms with Gasteiger partial charge in [0.1, 0.15) is 12.0 Å². The standard InChI is InChI=1S/C25H24F3N3O5/c26-25(27,28)36-20-9-5-16(6-10-20)12-22(33)29-13-17-3-7-18(8-4-17)23-30-21(15-35-23)24(34)31-11-1-2-19(32)14-31/h3-10,15,19,32H,1-2,11-14H2,(H,29,33). The van der Waals surface area contributed by atoms with Crippen LogP contribution in [0.5, 0.6) is 5.75 Å². The van der Waals surface area contributed by atoms with Crippen molar-refractivity contribution in [3.05, 3.63) is 71.6 Å². The van der Waals surface area contributed by atoms with E-state index < -0.39 is 12.5 Å². The Morgan fingerprint density at radius 1 is 1.11 bits per heavy atom. The molecule has 1 aliphatic heterocycles. The van der Waals surface area contributed by atoms with Gasteiger partial charge in [-0.2, -0.15) is 0 Å². The molecule has 36 heavy (non-hydrogen) atoms. The van der Waals surface area contributed by atoms with Crippen molar-refractivity contribution in [1.29, 1.82) is 0 Å². The Morgan fingerprint density at radius 3 is 2.47 bits per heavy atom. The van der Waals surface area contributed by atoms with Gasteiger partial charge in [0.25, 0.3) is 5.91 Å². The number of rotatable bonds is 7. The second-order valence-electron chi connectivity index (χ2n) is 8.43. The number of halogens is 3. The van der Waals surface area contributed by atoms with E-state index in [2.05, 4.69) is 15.0 Å². The first-order chi connectivity index (χ1) is 17.2. The molecule has 0 spiro atoms. The largest absolute Gasteiger partial charge is 0.573 e. The van der Waals surface area contributed by atoms with Crippen molar-refractivity contribution in [2.24, 2.45) is 0 Å². The average Bonchev–Trinajstić information content (AvgIpc) is 3.33. The normalized spacial score (nSPS) is 16.0.